The van der Waals surface area contributed by atoms with Crippen LogP contribution in [0.3, 0.4) is 0 Å². The van der Waals surface area contributed by atoms with E-state index in [1.165, 1.54) is 4.90 Å². The molecule has 3 rings (SSSR count). The second kappa shape index (κ2) is 7.69. The Morgan fingerprint density at radius 1 is 1.04 bits per heavy atom. The van der Waals surface area contributed by atoms with Crippen molar-refractivity contribution in [1.82, 2.24) is 10.9 Å². The van der Waals surface area contributed by atoms with Crippen molar-refractivity contribution in [2.45, 2.75) is 13.3 Å². The third-order valence-corrected chi connectivity index (χ3v) is 4.06. The molecule has 0 fully saturated rings. The summed E-state index contributed by atoms with van der Waals surface area (Å²) in [6, 6.07) is 14.5. The Morgan fingerprint density at radius 3 is 2.54 bits per heavy atom. The van der Waals surface area contributed by atoms with Gasteiger partial charge in [-0.1, -0.05) is 36.4 Å². The van der Waals surface area contributed by atoms with E-state index in [9.17, 15) is 14.4 Å². The average Bonchev–Trinajstić information content (AvgIpc) is 2.64. The lowest BCUT2D eigenvalue weighted by Gasteiger charge is -2.28. The van der Waals surface area contributed by atoms with Crippen LogP contribution in [0, 0.1) is 6.92 Å². The van der Waals surface area contributed by atoms with E-state index in [0.717, 1.165) is 11.1 Å². The van der Waals surface area contributed by atoms with Crippen molar-refractivity contribution >= 4 is 23.4 Å². The molecule has 0 aliphatic carbocycles. The third kappa shape index (κ3) is 4.00. The maximum atomic E-state index is 12.1. The Balaban J connectivity index is 1.55. The van der Waals surface area contributed by atoms with Crippen LogP contribution in [-0.4, -0.2) is 30.9 Å². The molecule has 0 aromatic heterocycles. The van der Waals surface area contributed by atoms with Gasteiger partial charge in [0, 0.05) is 0 Å². The lowest BCUT2D eigenvalue weighted by Crippen LogP contribution is -2.50. The molecule has 1 heterocycles. The number of fused-ring (bicyclic) bond motifs is 1. The Labute approximate surface area is 150 Å². The molecule has 7 heteroatoms. The van der Waals surface area contributed by atoms with E-state index in [1.807, 2.05) is 31.2 Å². The van der Waals surface area contributed by atoms with Gasteiger partial charge in [0.05, 0.1) is 12.1 Å². The normalized spacial score (nSPS) is 12.8. The van der Waals surface area contributed by atoms with Crippen molar-refractivity contribution in [3.8, 4) is 5.75 Å². The van der Waals surface area contributed by atoms with Crippen LogP contribution in [0.2, 0.25) is 0 Å². The zero-order valence-corrected chi connectivity index (χ0v) is 14.3. The highest BCUT2D eigenvalue weighted by Gasteiger charge is 2.27. The largest absolute Gasteiger partial charge is 0.482 e. The summed E-state index contributed by atoms with van der Waals surface area (Å²) in [5, 5.41) is 0. The maximum Gasteiger partial charge on any atom is 0.265 e. The number of amides is 3. The van der Waals surface area contributed by atoms with E-state index in [-0.39, 0.29) is 31.4 Å². The first-order valence-electron chi connectivity index (χ1n) is 8.19. The number of hydrazine groups is 1. The molecule has 2 N–H and O–H groups in total. The van der Waals surface area contributed by atoms with Gasteiger partial charge < -0.3 is 4.74 Å². The molecule has 7 nitrogen and oxygen atoms in total. The fourth-order valence-corrected chi connectivity index (χ4v) is 2.68. The summed E-state index contributed by atoms with van der Waals surface area (Å²) in [6.07, 6.45) is 0.159. The Bertz CT molecular complexity index is 850. The predicted octanol–water partition coefficient (Wildman–Crippen LogP) is 1.11. The number of carbonyl (C=O) groups excluding carboxylic acids is 3. The monoisotopic (exact) mass is 353 g/mol. The minimum Gasteiger partial charge on any atom is -0.482 e. The number of anilines is 1. The molecule has 1 aliphatic heterocycles. The number of nitrogens with zero attached hydrogens (tertiary/aromatic N) is 1. The van der Waals surface area contributed by atoms with Crippen LogP contribution in [0.4, 0.5) is 5.69 Å². The van der Waals surface area contributed by atoms with Crippen molar-refractivity contribution in [2.75, 3.05) is 18.1 Å². The van der Waals surface area contributed by atoms with Crippen molar-refractivity contribution < 1.29 is 19.1 Å². The van der Waals surface area contributed by atoms with E-state index < -0.39 is 5.91 Å². The van der Waals surface area contributed by atoms with Crippen molar-refractivity contribution in [3.63, 3.8) is 0 Å². The Kier molecular flexibility index (Phi) is 5.17. The number of hydrogen-bond acceptors (Lipinski definition) is 4. The smallest absolute Gasteiger partial charge is 0.265 e. The van der Waals surface area contributed by atoms with Gasteiger partial charge in [0.2, 0.25) is 5.91 Å². The van der Waals surface area contributed by atoms with Gasteiger partial charge in [-0.05, 0) is 30.2 Å². The number of aryl methyl sites for hydroxylation is 1. The molecule has 134 valence electrons. The summed E-state index contributed by atoms with van der Waals surface area (Å²) in [7, 11) is 0. The highest BCUT2D eigenvalue weighted by Crippen LogP contribution is 2.31. The highest BCUT2D eigenvalue weighted by atomic mass is 16.5. The second-order valence-corrected chi connectivity index (χ2v) is 5.94. The van der Waals surface area contributed by atoms with Crippen LogP contribution >= 0.6 is 0 Å². The van der Waals surface area contributed by atoms with Crippen LogP contribution < -0.4 is 20.5 Å². The predicted molar refractivity (Wildman–Crippen MR) is 95.5 cm³/mol. The molecular formula is C19H19N3O4. The van der Waals surface area contributed by atoms with Gasteiger partial charge in [-0.15, -0.1) is 0 Å². The van der Waals surface area contributed by atoms with Crippen molar-refractivity contribution in [1.29, 1.82) is 0 Å². The quantitative estimate of drug-likeness (QED) is 0.806. The molecule has 26 heavy (non-hydrogen) atoms. The lowest BCUT2D eigenvalue weighted by molar-refractivity contribution is -0.129. The summed E-state index contributed by atoms with van der Waals surface area (Å²) in [5.74, 6) is -0.594. The van der Waals surface area contributed by atoms with Crippen molar-refractivity contribution in [2.24, 2.45) is 0 Å². The Hall–Kier alpha value is -3.35. The minimum atomic E-state index is -0.492. The van der Waals surface area contributed by atoms with E-state index in [4.69, 9.17) is 4.74 Å². The number of para-hydroxylation sites is 2. The molecule has 0 saturated carbocycles. The molecule has 0 radical (unpaired) electrons. The van der Waals surface area contributed by atoms with Crippen LogP contribution in [0.25, 0.3) is 0 Å². The summed E-state index contributed by atoms with van der Waals surface area (Å²) < 4.78 is 5.33. The number of carbonyl (C=O) groups is 3. The molecule has 0 spiro atoms. The van der Waals surface area contributed by atoms with E-state index in [0.29, 0.717) is 11.4 Å². The molecule has 3 amide bonds. The summed E-state index contributed by atoms with van der Waals surface area (Å²) in [4.78, 5) is 37.5. The van der Waals surface area contributed by atoms with Gasteiger partial charge in [-0.2, -0.15) is 0 Å². The molecule has 2 aromatic rings. The van der Waals surface area contributed by atoms with Gasteiger partial charge in [-0.3, -0.25) is 30.1 Å². The number of benzene rings is 2. The second-order valence-electron chi connectivity index (χ2n) is 5.94. The third-order valence-electron chi connectivity index (χ3n) is 4.06. The van der Waals surface area contributed by atoms with E-state index >= 15 is 0 Å². The van der Waals surface area contributed by atoms with Crippen LogP contribution in [0.1, 0.15) is 11.1 Å². The Morgan fingerprint density at radius 2 is 1.73 bits per heavy atom. The van der Waals surface area contributed by atoms with Gasteiger partial charge in [0.1, 0.15) is 12.3 Å². The van der Waals surface area contributed by atoms with Crippen LogP contribution in [0.15, 0.2) is 48.5 Å². The topological polar surface area (TPSA) is 87.7 Å². The zero-order chi connectivity index (χ0) is 18.5. The first-order chi connectivity index (χ1) is 12.5. The molecule has 0 unspecified atom stereocenters. The SMILES string of the molecule is Cc1ccccc1CC(=O)NNC(=O)CN1C(=O)COc2ccccc21. The number of nitrogens with one attached hydrogen (secondary N) is 2. The first kappa shape index (κ1) is 17.5. The zero-order valence-electron chi connectivity index (χ0n) is 14.3. The molecule has 0 saturated heterocycles. The van der Waals surface area contributed by atoms with Gasteiger partial charge in [0.15, 0.2) is 6.61 Å². The lowest BCUT2D eigenvalue weighted by atomic mass is 10.1. The van der Waals surface area contributed by atoms with Crippen LogP contribution in [-0.2, 0) is 20.8 Å². The standard InChI is InChI=1S/C19H19N3O4/c1-13-6-2-3-7-14(13)10-17(23)20-21-18(24)11-22-15-8-4-5-9-16(15)26-12-19(22)25/h2-9H,10-12H2,1H3,(H,20,23)(H,21,24). The number of rotatable bonds is 4. The molecule has 1 aliphatic rings. The van der Waals surface area contributed by atoms with E-state index in [2.05, 4.69) is 10.9 Å². The fraction of sp³-hybridized carbons (Fsp3) is 0.211. The average molecular weight is 353 g/mol. The fourth-order valence-electron chi connectivity index (χ4n) is 2.68. The maximum absolute atomic E-state index is 12.1. The minimum absolute atomic E-state index is 0.121. The molecular weight excluding hydrogens is 334 g/mol. The summed E-state index contributed by atoms with van der Waals surface area (Å²) >= 11 is 0. The number of hydrogen-bond donors (Lipinski definition) is 2. The highest BCUT2D eigenvalue weighted by molar-refractivity contribution is 6.02. The summed E-state index contributed by atoms with van der Waals surface area (Å²) in [5.41, 5.74) is 7.15. The van der Waals surface area contributed by atoms with Crippen LogP contribution in [0.5, 0.6) is 5.75 Å². The first-order valence-corrected chi connectivity index (χ1v) is 8.19. The van der Waals surface area contributed by atoms with Gasteiger partial charge in [-0.25, -0.2) is 0 Å². The molecule has 0 bridgehead atoms. The van der Waals surface area contributed by atoms with Gasteiger partial charge in [0.25, 0.3) is 11.8 Å². The van der Waals surface area contributed by atoms with Crippen molar-refractivity contribution in [3.05, 3.63) is 59.7 Å². The van der Waals surface area contributed by atoms with Gasteiger partial charge >= 0.3 is 0 Å². The summed E-state index contributed by atoms with van der Waals surface area (Å²) in [6.45, 7) is 1.59. The van der Waals surface area contributed by atoms with E-state index in [1.54, 1.807) is 24.3 Å². The molecule has 2 aromatic carbocycles. The molecule has 0 atom stereocenters. The number of ether oxygens (including phenoxy) is 1.